The van der Waals surface area contributed by atoms with Gasteiger partial charge in [0, 0.05) is 5.56 Å². The Balaban J connectivity index is 1.78. The minimum absolute atomic E-state index is 0.260. The topological polar surface area (TPSA) is 38.7 Å². The minimum atomic E-state index is -0.469. The van der Waals surface area contributed by atoms with Gasteiger partial charge in [-0.3, -0.25) is 0 Å². The fraction of sp³-hybridized carbons (Fsp3) is 0.100. The molecule has 0 amide bonds. The van der Waals surface area contributed by atoms with Gasteiger partial charge < -0.3 is 4.84 Å². The van der Waals surface area contributed by atoms with Crippen LogP contribution in [0.5, 0.6) is 0 Å². The Hall–Kier alpha value is -2.79. The molecule has 2 aromatic carbocycles. The number of benzene rings is 2. The molecule has 5 heteroatoms. The summed E-state index contributed by atoms with van der Waals surface area (Å²) in [5.74, 6) is -0.728. The van der Waals surface area contributed by atoms with Gasteiger partial charge in [-0.25, -0.2) is 9.18 Å². The van der Waals surface area contributed by atoms with E-state index in [4.69, 9.17) is 4.84 Å². The van der Waals surface area contributed by atoms with Gasteiger partial charge in [-0.05, 0) is 35.1 Å². The average Bonchev–Trinajstić information content (AvgIpc) is 3.18. The van der Waals surface area contributed by atoms with Gasteiger partial charge in [-0.1, -0.05) is 60.6 Å². The third kappa shape index (κ3) is 4.00. The first-order valence-electron chi connectivity index (χ1n) is 7.86. The van der Waals surface area contributed by atoms with E-state index in [1.807, 2.05) is 36.6 Å². The summed E-state index contributed by atoms with van der Waals surface area (Å²) in [5.41, 5.74) is 2.83. The molecule has 3 aromatic rings. The number of nitrogens with zero attached hydrogens (tertiary/aromatic N) is 1. The van der Waals surface area contributed by atoms with E-state index in [-0.39, 0.29) is 5.82 Å². The highest BCUT2D eigenvalue weighted by Crippen LogP contribution is 2.23. The predicted molar refractivity (Wildman–Crippen MR) is 98.4 cm³/mol. The molecule has 0 saturated carbocycles. The van der Waals surface area contributed by atoms with Gasteiger partial charge in [0.05, 0.1) is 5.71 Å². The van der Waals surface area contributed by atoms with Crippen LogP contribution in [0.4, 0.5) is 4.39 Å². The Labute approximate surface area is 149 Å². The Kier molecular flexibility index (Phi) is 5.36. The molecule has 0 unspecified atom stereocenters. The third-order valence-corrected chi connectivity index (χ3v) is 4.55. The maximum atomic E-state index is 13.9. The maximum absolute atomic E-state index is 13.9. The number of hydrogen-bond acceptors (Lipinski definition) is 4. The Morgan fingerprint density at radius 3 is 2.48 bits per heavy atom. The first-order chi connectivity index (χ1) is 12.2. The van der Waals surface area contributed by atoms with Crippen molar-refractivity contribution in [3.63, 3.8) is 0 Å². The van der Waals surface area contributed by atoms with Crippen molar-refractivity contribution in [1.82, 2.24) is 0 Å². The standard InChI is InChI=1S/C20H16FNO2S/c1-2-18(22-24-20(23)19-8-5-13-25-19)15-11-9-14(10-12-15)16-6-3-4-7-17(16)21/h3-13H,2H2,1H3. The molecule has 0 spiro atoms. The fourth-order valence-corrected chi connectivity index (χ4v) is 2.99. The number of thiophene rings is 1. The molecule has 0 atom stereocenters. The molecule has 0 aliphatic carbocycles. The summed E-state index contributed by atoms with van der Waals surface area (Å²) in [6.07, 6.45) is 0.608. The second-order valence-corrected chi connectivity index (χ2v) is 6.25. The molecule has 3 nitrogen and oxygen atoms in total. The highest BCUT2D eigenvalue weighted by Gasteiger charge is 2.10. The van der Waals surface area contributed by atoms with Crippen LogP contribution in [-0.2, 0) is 4.84 Å². The van der Waals surface area contributed by atoms with E-state index in [0.717, 1.165) is 11.1 Å². The first kappa shape index (κ1) is 17.0. The summed E-state index contributed by atoms with van der Waals surface area (Å²) >= 11 is 1.31. The lowest BCUT2D eigenvalue weighted by atomic mass is 10.0. The molecule has 0 aliphatic rings. The van der Waals surface area contributed by atoms with Gasteiger partial charge in [0.1, 0.15) is 10.7 Å². The second kappa shape index (κ2) is 7.85. The molecule has 1 heterocycles. The molecule has 126 valence electrons. The molecule has 25 heavy (non-hydrogen) atoms. The lowest BCUT2D eigenvalue weighted by molar-refractivity contribution is 0.0521. The van der Waals surface area contributed by atoms with Crippen molar-refractivity contribution in [2.24, 2.45) is 5.16 Å². The number of carbonyl (C=O) groups excluding carboxylic acids is 1. The third-order valence-electron chi connectivity index (χ3n) is 3.70. The molecule has 0 radical (unpaired) electrons. The summed E-state index contributed by atoms with van der Waals surface area (Å²) in [4.78, 5) is 17.4. The van der Waals surface area contributed by atoms with Crippen LogP contribution in [0, 0.1) is 5.82 Å². The van der Waals surface area contributed by atoms with Crippen molar-refractivity contribution >= 4 is 23.0 Å². The van der Waals surface area contributed by atoms with E-state index < -0.39 is 5.97 Å². The molecule has 0 N–H and O–H groups in total. The normalized spacial score (nSPS) is 11.4. The van der Waals surface area contributed by atoms with Crippen LogP contribution in [0.1, 0.15) is 28.6 Å². The summed E-state index contributed by atoms with van der Waals surface area (Å²) in [6.45, 7) is 1.93. The van der Waals surface area contributed by atoms with Crippen molar-refractivity contribution in [3.8, 4) is 11.1 Å². The van der Waals surface area contributed by atoms with Gasteiger partial charge >= 0.3 is 5.97 Å². The number of rotatable bonds is 5. The van der Waals surface area contributed by atoms with Gasteiger partial charge in [-0.15, -0.1) is 11.3 Å². The smallest absolute Gasteiger partial charge is 0.312 e. The van der Waals surface area contributed by atoms with Crippen LogP contribution in [0.15, 0.2) is 71.2 Å². The minimum Gasteiger partial charge on any atom is -0.312 e. The SMILES string of the molecule is CCC(=NOC(=O)c1cccs1)c1ccc(-c2ccccc2F)cc1. The van der Waals surface area contributed by atoms with E-state index in [9.17, 15) is 9.18 Å². The maximum Gasteiger partial charge on any atom is 0.375 e. The first-order valence-corrected chi connectivity index (χ1v) is 8.74. The fourth-order valence-electron chi connectivity index (χ4n) is 2.40. The van der Waals surface area contributed by atoms with Crippen LogP contribution >= 0.6 is 11.3 Å². The van der Waals surface area contributed by atoms with Crippen LogP contribution in [-0.4, -0.2) is 11.7 Å². The summed E-state index contributed by atoms with van der Waals surface area (Å²) in [5, 5.41) is 5.80. The zero-order valence-corrected chi connectivity index (χ0v) is 14.4. The number of halogens is 1. The van der Waals surface area contributed by atoms with E-state index in [1.54, 1.807) is 30.3 Å². The van der Waals surface area contributed by atoms with Crippen molar-refractivity contribution in [2.45, 2.75) is 13.3 Å². The molecular formula is C20H16FNO2S. The van der Waals surface area contributed by atoms with Gasteiger partial charge in [0.25, 0.3) is 0 Å². The predicted octanol–water partition coefficient (Wildman–Crippen LogP) is 5.53. The highest BCUT2D eigenvalue weighted by atomic mass is 32.1. The molecule has 0 aliphatic heterocycles. The molecular weight excluding hydrogens is 337 g/mol. The second-order valence-electron chi connectivity index (χ2n) is 5.30. The van der Waals surface area contributed by atoms with Crippen LogP contribution < -0.4 is 0 Å². The Morgan fingerprint density at radius 1 is 1.08 bits per heavy atom. The van der Waals surface area contributed by atoms with Crippen LogP contribution in [0.2, 0.25) is 0 Å². The van der Waals surface area contributed by atoms with Crippen LogP contribution in [0.25, 0.3) is 11.1 Å². The Morgan fingerprint density at radius 2 is 1.84 bits per heavy atom. The molecule has 0 bridgehead atoms. The van der Waals surface area contributed by atoms with Gasteiger partial charge in [0.2, 0.25) is 0 Å². The van der Waals surface area contributed by atoms with Crippen molar-refractivity contribution < 1.29 is 14.0 Å². The molecule has 3 rings (SSSR count). The lowest BCUT2D eigenvalue weighted by Gasteiger charge is -2.07. The summed E-state index contributed by atoms with van der Waals surface area (Å²) in [7, 11) is 0. The number of carbonyl (C=O) groups is 1. The summed E-state index contributed by atoms with van der Waals surface area (Å²) < 4.78 is 13.9. The van der Waals surface area contributed by atoms with Crippen molar-refractivity contribution in [3.05, 3.63) is 82.3 Å². The quantitative estimate of drug-likeness (QED) is 0.344. The number of oxime groups is 1. The molecule has 0 saturated heterocycles. The highest BCUT2D eigenvalue weighted by molar-refractivity contribution is 7.11. The Bertz CT molecular complexity index is 886. The van der Waals surface area contributed by atoms with Gasteiger partial charge in [0.15, 0.2) is 0 Å². The molecule has 0 fully saturated rings. The number of hydrogen-bond donors (Lipinski definition) is 0. The van der Waals surface area contributed by atoms with Crippen molar-refractivity contribution in [1.29, 1.82) is 0 Å². The average molecular weight is 353 g/mol. The monoisotopic (exact) mass is 353 g/mol. The molecule has 1 aromatic heterocycles. The lowest BCUT2D eigenvalue weighted by Crippen LogP contribution is -2.04. The van der Waals surface area contributed by atoms with E-state index >= 15 is 0 Å². The van der Waals surface area contributed by atoms with Crippen LogP contribution in [0.3, 0.4) is 0 Å². The summed E-state index contributed by atoms with van der Waals surface area (Å²) in [6, 6.07) is 17.5. The van der Waals surface area contributed by atoms with Gasteiger partial charge in [-0.2, -0.15) is 0 Å². The largest absolute Gasteiger partial charge is 0.375 e. The van der Waals surface area contributed by atoms with E-state index in [2.05, 4.69) is 5.16 Å². The zero-order valence-electron chi connectivity index (χ0n) is 13.6. The zero-order chi connectivity index (χ0) is 17.6. The van der Waals surface area contributed by atoms with Crippen molar-refractivity contribution in [2.75, 3.05) is 0 Å². The van der Waals surface area contributed by atoms with E-state index in [0.29, 0.717) is 22.6 Å². The van der Waals surface area contributed by atoms with E-state index in [1.165, 1.54) is 17.4 Å².